The lowest BCUT2D eigenvalue weighted by Crippen LogP contribution is -2.38. The molecule has 0 radical (unpaired) electrons. The number of benzene rings is 2. The molecule has 0 aliphatic carbocycles. The van der Waals surface area contributed by atoms with E-state index in [4.69, 9.17) is 4.74 Å². The van der Waals surface area contributed by atoms with Gasteiger partial charge in [-0.05, 0) is 48.6 Å². The average molecular weight is 395 g/mol. The number of nitrogens with zero attached hydrogens (tertiary/aromatic N) is 1. The van der Waals surface area contributed by atoms with Crippen LogP contribution >= 0.6 is 11.8 Å². The van der Waals surface area contributed by atoms with Gasteiger partial charge in [0.1, 0.15) is 0 Å². The number of alkyl carbamates (subject to hydrolysis) is 1. The van der Waals surface area contributed by atoms with Crippen molar-refractivity contribution in [3.63, 3.8) is 0 Å². The van der Waals surface area contributed by atoms with Crippen molar-refractivity contribution < 1.29 is 9.53 Å². The predicted octanol–water partition coefficient (Wildman–Crippen LogP) is 4.80. The largest absolute Gasteiger partial charge is 0.450 e. The second kappa shape index (κ2) is 8.84. The van der Waals surface area contributed by atoms with Gasteiger partial charge in [-0.3, -0.25) is 0 Å². The second-order valence-corrected chi connectivity index (χ2v) is 8.15. The number of rotatable bonds is 4. The summed E-state index contributed by atoms with van der Waals surface area (Å²) in [6, 6.07) is 17.5. The van der Waals surface area contributed by atoms with E-state index >= 15 is 0 Å². The van der Waals surface area contributed by atoms with Crippen molar-refractivity contribution in [3.05, 3.63) is 65.2 Å². The maximum Gasteiger partial charge on any atom is 0.407 e. The molecule has 1 amide bonds. The van der Waals surface area contributed by atoms with Crippen molar-refractivity contribution >= 4 is 23.4 Å². The Morgan fingerprint density at radius 3 is 2.25 bits per heavy atom. The van der Waals surface area contributed by atoms with E-state index in [1.807, 2.05) is 18.7 Å². The first-order valence-electron chi connectivity index (χ1n) is 9.98. The maximum absolute atomic E-state index is 11.4. The number of ether oxygens (including phenoxy) is 1. The van der Waals surface area contributed by atoms with Gasteiger partial charge < -0.3 is 15.0 Å². The lowest BCUT2D eigenvalue weighted by atomic mass is 9.88. The number of piperidine rings is 1. The van der Waals surface area contributed by atoms with Gasteiger partial charge in [-0.25, -0.2) is 4.79 Å². The Hall–Kier alpha value is -2.24. The molecule has 1 fully saturated rings. The highest BCUT2D eigenvalue weighted by Gasteiger charge is 2.25. The van der Waals surface area contributed by atoms with E-state index in [2.05, 4.69) is 58.7 Å². The molecule has 2 aliphatic heterocycles. The molecule has 1 N–H and O–H groups in total. The molecule has 0 saturated carbocycles. The molecule has 5 heteroatoms. The van der Waals surface area contributed by atoms with Crippen molar-refractivity contribution in [1.82, 2.24) is 10.2 Å². The van der Waals surface area contributed by atoms with Crippen LogP contribution in [0.15, 0.2) is 63.9 Å². The summed E-state index contributed by atoms with van der Waals surface area (Å²) in [6.07, 6.45) is 1.82. The van der Waals surface area contributed by atoms with Crippen LogP contribution in [0.5, 0.6) is 0 Å². The number of carbonyl (C=O) groups is 1. The van der Waals surface area contributed by atoms with Gasteiger partial charge in [-0.2, -0.15) is 0 Å². The Kier molecular flexibility index (Phi) is 6.03. The summed E-state index contributed by atoms with van der Waals surface area (Å²) < 4.78 is 4.92. The first-order valence-corrected chi connectivity index (χ1v) is 10.8. The molecule has 28 heavy (non-hydrogen) atoms. The Bertz CT molecular complexity index is 836. The molecule has 1 saturated heterocycles. The highest BCUT2D eigenvalue weighted by molar-refractivity contribution is 7.99. The van der Waals surface area contributed by atoms with E-state index in [-0.39, 0.29) is 6.09 Å². The van der Waals surface area contributed by atoms with Gasteiger partial charge >= 0.3 is 6.09 Å². The van der Waals surface area contributed by atoms with Crippen LogP contribution in [0, 0.1) is 0 Å². The number of carbonyl (C=O) groups excluding carboxylic acids is 1. The predicted molar refractivity (Wildman–Crippen MR) is 114 cm³/mol. The third kappa shape index (κ3) is 4.10. The molecular weight excluding hydrogens is 368 g/mol. The van der Waals surface area contributed by atoms with Crippen LogP contribution in [0.3, 0.4) is 0 Å². The lowest BCUT2D eigenvalue weighted by Gasteiger charge is -2.32. The Morgan fingerprint density at radius 1 is 1.04 bits per heavy atom. The minimum absolute atomic E-state index is 0.324. The number of likely N-dealkylation sites (tertiary alicyclic amines) is 1. The quantitative estimate of drug-likeness (QED) is 0.690. The molecular formula is C23H26N2O2S. The Balaban J connectivity index is 1.48. The third-order valence-corrected chi connectivity index (χ3v) is 6.47. The summed E-state index contributed by atoms with van der Waals surface area (Å²) in [5, 5.41) is 2.81. The summed E-state index contributed by atoms with van der Waals surface area (Å²) in [6.45, 7) is 5.78. The molecule has 0 unspecified atom stereocenters. The van der Waals surface area contributed by atoms with Crippen LogP contribution in [0.2, 0.25) is 0 Å². The standard InChI is InChI=1S/C23H26N2O2S/c1-2-27-23(26)24-13-16-25-14-11-17(12-15-25)22-18-7-3-5-9-20(18)28-21-10-6-4-8-19(21)22/h3-10H,2,11-16H2,1H3,(H,24,26). The number of hydrogen-bond donors (Lipinski definition) is 1. The molecule has 2 aromatic rings. The molecule has 2 heterocycles. The van der Waals surface area contributed by atoms with Gasteiger partial charge in [0.15, 0.2) is 0 Å². The van der Waals surface area contributed by atoms with Gasteiger partial charge in [0.25, 0.3) is 0 Å². The van der Waals surface area contributed by atoms with Crippen molar-refractivity contribution in [2.75, 3.05) is 32.8 Å². The minimum atomic E-state index is -0.324. The number of nitrogens with one attached hydrogen (secondary N) is 1. The topological polar surface area (TPSA) is 41.6 Å². The van der Waals surface area contributed by atoms with Crippen LogP contribution in [-0.4, -0.2) is 43.8 Å². The van der Waals surface area contributed by atoms with E-state index in [0.29, 0.717) is 13.2 Å². The summed E-state index contributed by atoms with van der Waals surface area (Å²) in [4.78, 5) is 16.5. The Morgan fingerprint density at radius 2 is 1.64 bits per heavy atom. The van der Waals surface area contributed by atoms with E-state index in [1.54, 1.807) is 5.57 Å². The normalized spacial score (nSPS) is 16.3. The van der Waals surface area contributed by atoms with Crippen LogP contribution in [0.4, 0.5) is 4.79 Å². The molecule has 146 valence electrons. The van der Waals surface area contributed by atoms with Gasteiger partial charge in [-0.1, -0.05) is 53.7 Å². The maximum atomic E-state index is 11.4. The van der Waals surface area contributed by atoms with E-state index in [0.717, 1.165) is 32.5 Å². The summed E-state index contributed by atoms with van der Waals surface area (Å²) in [5.74, 6) is 0. The van der Waals surface area contributed by atoms with Gasteiger partial charge in [0.05, 0.1) is 6.61 Å². The molecule has 0 spiro atoms. The second-order valence-electron chi connectivity index (χ2n) is 7.06. The van der Waals surface area contributed by atoms with Crippen LogP contribution < -0.4 is 5.32 Å². The number of hydrogen-bond acceptors (Lipinski definition) is 4. The van der Waals surface area contributed by atoms with Crippen LogP contribution in [-0.2, 0) is 4.74 Å². The first kappa shape index (κ1) is 19.1. The van der Waals surface area contributed by atoms with Gasteiger partial charge in [-0.15, -0.1) is 0 Å². The van der Waals surface area contributed by atoms with Crippen molar-refractivity contribution in [2.24, 2.45) is 0 Å². The highest BCUT2D eigenvalue weighted by atomic mass is 32.2. The average Bonchev–Trinajstić information content (AvgIpc) is 2.73. The smallest absolute Gasteiger partial charge is 0.407 e. The molecule has 2 aliphatic rings. The zero-order valence-electron chi connectivity index (χ0n) is 16.2. The molecule has 0 aromatic heterocycles. The van der Waals surface area contributed by atoms with Crippen molar-refractivity contribution in [2.45, 2.75) is 29.6 Å². The number of amides is 1. The highest BCUT2D eigenvalue weighted by Crippen LogP contribution is 2.47. The lowest BCUT2D eigenvalue weighted by molar-refractivity contribution is 0.150. The third-order valence-electron chi connectivity index (χ3n) is 5.32. The van der Waals surface area contributed by atoms with E-state index in [9.17, 15) is 4.79 Å². The molecule has 0 atom stereocenters. The summed E-state index contributed by atoms with van der Waals surface area (Å²) in [5.41, 5.74) is 5.74. The first-order chi connectivity index (χ1) is 13.8. The zero-order valence-corrected chi connectivity index (χ0v) is 17.1. The van der Waals surface area contributed by atoms with Crippen LogP contribution in [0.1, 0.15) is 30.9 Å². The van der Waals surface area contributed by atoms with Gasteiger partial charge in [0, 0.05) is 36.0 Å². The fraction of sp³-hybridized carbons (Fsp3) is 0.348. The van der Waals surface area contributed by atoms with Gasteiger partial charge in [0.2, 0.25) is 0 Å². The van der Waals surface area contributed by atoms with E-state index < -0.39 is 0 Å². The van der Waals surface area contributed by atoms with E-state index in [1.165, 1.54) is 26.5 Å². The molecule has 2 aromatic carbocycles. The Labute approximate surface area is 171 Å². The fourth-order valence-electron chi connectivity index (χ4n) is 3.96. The van der Waals surface area contributed by atoms with Crippen molar-refractivity contribution in [3.8, 4) is 0 Å². The SMILES string of the molecule is CCOC(=O)NCCN1CCC(=C2c3ccccc3Sc3ccccc32)CC1. The number of fused-ring (bicyclic) bond motifs is 2. The zero-order chi connectivity index (χ0) is 19.3. The monoisotopic (exact) mass is 394 g/mol. The summed E-state index contributed by atoms with van der Waals surface area (Å²) in [7, 11) is 0. The van der Waals surface area contributed by atoms with Crippen LogP contribution in [0.25, 0.3) is 5.57 Å². The fourth-order valence-corrected chi connectivity index (χ4v) is 5.05. The molecule has 4 nitrogen and oxygen atoms in total. The molecule has 4 rings (SSSR count). The minimum Gasteiger partial charge on any atom is -0.450 e. The van der Waals surface area contributed by atoms with Crippen molar-refractivity contribution in [1.29, 1.82) is 0 Å². The summed E-state index contributed by atoms with van der Waals surface area (Å²) >= 11 is 1.87. The molecule has 0 bridgehead atoms.